The summed E-state index contributed by atoms with van der Waals surface area (Å²) in [4.78, 5) is 21.5. The third kappa shape index (κ3) is 5.26. The summed E-state index contributed by atoms with van der Waals surface area (Å²) in [6.45, 7) is 1.72. The molecule has 1 amide bonds. The smallest absolute Gasteiger partial charge is 0.315 e. The maximum absolute atomic E-state index is 11.8. The molecule has 0 rings (SSSR count). The predicted molar refractivity (Wildman–Crippen MR) is 51.6 cm³/mol. The number of hydrogen-bond donors (Lipinski definition) is 1. The molecule has 0 aromatic carbocycles. The SMILES string of the molecule is CCC(CC(=O)CBr)NC(=O)C(F)F. The lowest BCUT2D eigenvalue weighted by Gasteiger charge is -2.15. The Hall–Kier alpha value is -0.520. The summed E-state index contributed by atoms with van der Waals surface area (Å²) in [6, 6.07) is -0.499. The van der Waals surface area contributed by atoms with E-state index in [0.29, 0.717) is 6.42 Å². The van der Waals surface area contributed by atoms with E-state index in [1.807, 2.05) is 0 Å². The Morgan fingerprint density at radius 1 is 1.43 bits per heavy atom. The van der Waals surface area contributed by atoms with Gasteiger partial charge < -0.3 is 5.32 Å². The van der Waals surface area contributed by atoms with Crippen LogP contribution in [0.3, 0.4) is 0 Å². The monoisotopic (exact) mass is 271 g/mol. The number of carbonyl (C=O) groups excluding carboxylic acids is 2. The van der Waals surface area contributed by atoms with E-state index in [-0.39, 0.29) is 17.5 Å². The number of carbonyl (C=O) groups is 2. The van der Waals surface area contributed by atoms with Gasteiger partial charge in [0.05, 0.1) is 5.33 Å². The molecule has 0 aliphatic rings. The van der Waals surface area contributed by atoms with Gasteiger partial charge in [-0.05, 0) is 6.42 Å². The molecule has 0 spiro atoms. The molecule has 1 N–H and O–H groups in total. The predicted octanol–water partition coefficient (Wildman–Crippen LogP) is 1.50. The van der Waals surface area contributed by atoms with Crippen LogP contribution in [-0.2, 0) is 9.59 Å². The standard InChI is InChI=1S/C8H12BrF2NO2/c1-2-5(3-6(13)4-9)12-8(14)7(10)11/h5,7H,2-4H2,1H3,(H,12,14). The zero-order valence-electron chi connectivity index (χ0n) is 7.73. The summed E-state index contributed by atoms with van der Waals surface area (Å²) in [7, 11) is 0. The first kappa shape index (κ1) is 13.5. The highest BCUT2D eigenvalue weighted by Crippen LogP contribution is 2.02. The number of halogens is 3. The van der Waals surface area contributed by atoms with Crippen molar-refractivity contribution in [3.8, 4) is 0 Å². The quantitative estimate of drug-likeness (QED) is 0.745. The van der Waals surface area contributed by atoms with Gasteiger partial charge in [0.1, 0.15) is 5.78 Å². The van der Waals surface area contributed by atoms with Crippen LogP contribution in [0.5, 0.6) is 0 Å². The summed E-state index contributed by atoms with van der Waals surface area (Å²) in [5, 5.41) is 2.28. The maximum atomic E-state index is 11.8. The molecule has 1 unspecified atom stereocenters. The number of ketones is 1. The Bertz CT molecular complexity index is 212. The number of amides is 1. The van der Waals surface area contributed by atoms with E-state index in [2.05, 4.69) is 21.2 Å². The highest BCUT2D eigenvalue weighted by Gasteiger charge is 2.20. The number of rotatable bonds is 6. The molecular weight excluding hydrogens is 260 g/mol. The highest BCUT2D eigenvalue weighted by molar-refractivity contribution is 9.09. The molecule has 82 valence electrons. The van der Waals surface area contributed by atoms with Crippen LogP contribution in [0.25, 0.3) is 0 Å². The van der Waals surface area contributed by atoms with Crippen molar-refractivity contribution >= 4 is 27.6 Å². The maximum Gasteiger partial charge on any atom is 0.315 e. The fourth-order valence-electron chi connectivity index (χ4n) is 0.891. The molecule has 3 nitrogen and oxygen atoms in total. The molecule has 0 fully saturated rings. The summed E-state index contributed by atoms with van der Waals surface area (Å²) >= 11 is 2.96. The Morgan fingerprint density at radius 3 is 2.36 bits per heavy atom. The molecule has 0 aliphatic carbocycles. The zero-order chi connectivity index (χ0) is 11.1. The van der Waals surface area contributed by atoms with Gasteiger partial charge in [0.2, 0.25) is 0 Å². The molecule has 0 heterocycles. The van der Waals surface area contributed by atoms with Crippen molar-refractivity contribution in [1.82, 2.24) is 5.32 Å². The van der Waals surface area contributed by atoms with Crippen LogP contribution < -0.4 is 5.32 Å². The molecule has 0 radical (unpaired) electrons. The highest BCUT2D eigenvalue weighted by atomic mass is 79.9. The third-order valence-electron chi connectivity index (χ3n) is 1.66. The van der Waals surface area contributed by atoms with Crippen molar-refractivity contribution in [3.63, 3.8) is 0 Å². The van der Waals surface area contributed by atoms with Gasteiger partial charge in [0.15, 0.2) is 0 Å². The van der Waals surface area contributed by atoms with Crippen molar-refractivity contribution < 1.29 is 18.4 Å². The van der Waals surface area contributed by atoms with E-state index in [9.17, 15) is 18.4 Å². The van der Waals surface area contributed by atoms with Gasteiger partial charge in [-0.3, -0.25) is 9.59 Å². The molecule has 0 aromatic heterocycles. The molecule has 0 bridgehead atoms. The van der Waals surface area contributed by atoms with Crippen LogP contribution in [0.4, 0.5) is 8.78 Å². The normalized spacial score (nSPS) is 12.6. The minimum atomic E-state index is -3.02. The number of nitrogens with one attached hydrogen (secondary N) is 1. The van der Waals surface area contributed by atoms with Crippen molar-refractivity contribution in [2.24, 2.45) is 0 Å². The van der Waals surface area contributed by atoms with E-state index in [4.69, 9.17) is 0 Å². The number of Topliss-reactive ketones (excluding diaryl/α,β-unsaturated/α-hetero) is 1. The van der Waals surface area contributed by atoms with Crippen molar-refractivity contribution in [2.75, 3.05) is 5.33 Å². The van der Waals surface area contributed by atoms with Gasteiger partial charge in [-0.15, -0.1) is 0 Å². The van der Waals surface area contributed by atoms with Crippen LogP contribution in [0.1, 0.15) is 19.8 Å². The lowest BCUT2D eigenvalue weighted by Crippen LogP contribution is -2.39. The Morgan fingerprint density at radius 2 is 2.00 bits per heavy atom. The average Bonchev–Trinajstić information content (AvgIpc) is 2.16. The van der Waals surface area contributed by atoms with Crippen LogP contribution in [-0.4, -0.2) is 29.5 Å². The van der Waals surface area contributed by atoms with Crippen LogP contribution in [0, 0.1) is 0 Å². The van der Waals surface area contributed by atoms with Crippen molar-refractivity contribution in [3.05, 3.63) is 0 Å². The third-order valence-corrected chi connectivity index (χ3v) is 2.29. The molecule has 14 heavy (non-hydrogen) atoms. The second-order valence-corrected chi connectivity index (χ2v) is 3.35. The molecule has 1 atom stereocenters. The first-order valence-corrected chi connectivity index (χ1v) is 5.29. The van der Waals surface area contributed by atoms with Gasteiger partial charge in [0, 0.05) is 12.5 Å². The summed E-state index contributed by atoms with van der Waals surface area (Å²) in [6.07, 6.45) is -2.49. The minimum Gasteiger partial charge on any atom is -0.348 e. The van der Waals surface area contributed by atoms with Crippen LogP contribution >= 0.6 is 15.9 Å². The first-order valence-electron chi connectivity index (χ1n) is 4.17. The molecular formula is C8H12BrF2NO2. The summed E-state index contributed by atoms with van der Waals surface area (Å²) in [5.41, 5.74) is 0. The van der Waals surface area contributed by atoms with Gasteiger partial charge in [0.25, 0.3) is 5.91 Å². The average molecular weight is 272 g/mol. The zero-order valence-corrected chi connectivity index (χ0v) is 9.31. The summed E-state index contributed by atoms with van der Waals surface area (Å²) < 4.78 is 23.7. The number of alkyl halides is 3. The second-order valence-electron chi connectivity index (χ2n) is 2.79. The summed E-state index contributed by atoms with van der Waals surface area (Å²) in [5.74, 6) is -1.44. The Balaban J connectivity index is 4.03. The number of hydrogen-bond acceptors (Lipinski definition) is 2. The molecule has 0 aromatic rings. The van der Waals surface area contributed by atoms with E-state index in [0.717, 1.165) is 0 Å². The topological polar surface area (TPSA) is 46.2 Å². The fraction of sp³-hybridized carbons (Fsp3) is 0.750. The Kier molecular flexibility index (Phi) is 6.61. The van der Waals surface area contributed by atoms with Crippen LogP contribution in [0.2, 0.25) is 0 Å². The van der Waals surface area contributed by atoms with E-state index in [1.54, 1.807) is 6.92 Å². The minimum absolute atomic E-state index is 0.0835. The molecule has 0 saturated heterocycles. The van der Waals surface area contributed by atoms with Gasteiger partial charge in [-0.2, -0.15) is 8.78 Å². The molecule has 0 aliphatic heterocycles. The fourth-order valence-corrected chi connectivity index (χ4v) is 1.12. The molecule has 6 heteroatoms. The lowest BCUT2D eigenvalue weighted by molar-refractivity contribution is -0.132. The lowest BCUT2D eigenvalue weighted by atomic mass is 10.1. The molecule has 0 saturated carbocycles. The van der Waals surface area contributed by atoms with Gasteiger partial charge >= 0.3 is 6.43 Å². The largest absolute Gasteiger partial charge is 0.348 e. The van der Waals surface area contributed by atoms with Crippen LogP contribution in [0.15, 0.2) is 0 Å². The van der Waals surface area contributed by atoms with Crippen molar-refractivity contribution in [1.29, 1.82) is 0 Å². The Labute approximate surface area is 89.4 Å². The van der Waals surface area contributed by atoms with E-state index < -0.39 is 18.4 Å². The van der Waals surface area contributed by atoms with Crippen molar-refractivity contribution in [2.45, 2.75) is 32.2 Å². The second kappa shape index (κ2) is 6.86. The van der Waals surface area contributed by atoms with Gasteiger partial charge in [-0.1, -0.05) is 22.9 Å². The van der Waals surface area contributed by atoms with E-state index in [1.165, 1.54) is 0 Å². The van der Waals surface area contributed by atoms with E-state index >= 15 is 0 Å². The first-order chi connectivity index (χ1) is 6.51. The van der Waals surface area contributed by atoms with Gasteiger partial charge in [-0.25, -0.2) is 0 Å².